The number of ether oxygens (including phenoxy) is 1. The molecule has 0 amide bonds. The second-order valence-electron chi connectivity index (χ2n) is 2.01. The summed E-state index contributed by atoms with van der Waals surface area (Å²) in [7, 11) is 0. The first-order valence-electron chi connectivity index (χ1n) is 3.54. The first-order valence-corrected chi connectivity index (χ1v) is 4.28. The summed E-state index contributed by atoms with van der Waals surface area (Å²) in [5.74, 6) is 0. The van der Waals surface area contributed by atoms with Crippen LogP contribution in [0.2, 0.25) is 0 Å². The minimum atomic E-state index is -0.774. The summed E-state index contributed by atoms with van der Waals surface area (Å²) in [6, 6.07) is 9.24. The van der Waals surface area contributed by atoms with Crippen LogP contribution >= 0.6 is 12.0 Å². The fourth-order valence-corrected chi connectivity index (χ4v) is 1.12. The number of benzene rings is 1. The van der Waals surface area contributed by atoms with Crippen LogP contribution in [0.5, 0.6) is 0 Å². The van der Waals surface area contributed by atoms with E-state index >= 15 is 0 Å². The van der Waals surface area contributed by atoms with Crippen molar-refractivity contribution in [1.82, 2.24) is 0 Å². The molecule has 0 saturated carbocycles. The van der Waals surface area contributed by atoms with Crippen molar-refractivity contribution in [2.45, 2.75) is 4.90 Å². The maximum Gasteiger partial charge on any atom is 0.526 e. The summed E-state index contributed by atoms with van der Waals surface area (Å²) in [6.07, 6.45) is 0.248. The van der Waals surface area contributed by atoms with E-state index in [0.29, 0.717) is 0 Å². The predicted octanol–water partition coefficient (Wildman–Crippen LogP) is 2.99. The molecule has 4 heteroatoms. The zero-order chi connectivity index (χ0) is 9.52. The third kappa shape index (κ3) is 3.66. The Morgan fingerprint density at radius 3 is 2.69 bits per heavy atom. The van der Waals surface area contributed by atoms with Crippen LogP contribution in [0, 0.1) is 0 Å². The second kappa shape index (κ2) is 5.27. The smallest absolute Gasteiger partial charge is 0.403 e. The quantitative estimate of drug-likeness (QED) is 0.423. The molecule has 1 aromatic rings. The minimum absolute atomic E-state index is 0.774. The predicted molar refractivity (Wildman–Crippen MR) is 50.1 cm³/mol. The Morgan fingerprint density at radius 1 is 1.38 bits per heavy atom. The summed E-state index contributed by atoms with van der Waals surface area (Å²) in [6.45, 7) is 3.22. The van der Waals surface area contributed by atoms with E-state index < -0.39 is 6.16 Å². The van der Waals surface area contributed by atoms with Crippen LogP contribution in [0.4, 0.5) is 4.79 Å². The molecule has 0 unspecified atom stereocenters. The molecule has 0 saturated heterocycles. The van der Waals surface area contributed by atoms with Gasteiger partial charge < -0.3 is 8.92 Å². The molecule has 0 aliphatic heterocycles. The zero-order valence-corrected chi connectivity index (χ0v) is 7.62. The third-order valence-electron chi connectivity index (χ3n) is 1.13. The molecule has 3 nitrogen and oxygen atoms in total. The van der Waals surface area contributed by atoms with E-state index in [2.05, 4.69) is 15.5 Å². The molecule has 0 bridgehead atoms. The van der Waals surface area contributed by atoms with Crippen LogP contribution in [-0.2, 0) is 8.92 Å². The third-order valence-corrected chi connectivity index (χ3v) is 1.81. The largest absolute Gasteiger partial charge is 0.526 e. The molecule has 0 fully saturated rings. The molecule has 13 heavy (non-hydrogen) atoms. The lowest BCUT2D eigenvalue weighted by Crippen LogP contribution is -1.96. The van der Waals surface area contributed by atoms with Crippen LogP contribution in [-0.4, -0.2) is 6.16 Å². The van der Waals surface area contributed by atoms with Gasteiger partial charge >= 0.3 is 6.16 Å². The van der Waals surface area contributed by atoms with Crippen molar-refractivity contribution in [2.75, 3.05) is 0 Å². The number of carbonyl (C=O) groups is 1. The molecule has 1 aromatic carbocycles. The Morgan fingerprint density at radius 2 is 2.08 bits per heavy atom. The lowest BCUT2D eigenvalue weighted by Gasteiger charge is -1.99. The van der Waals surface area contributed by atoms with Gasteiger partial charge in [-0.05, 0) is 12.1 Å². The van der Waals surface area contributed by atoms with Gasteiger partial charge in [-0.2, -0.15) is 0 Å². The average molecular weight is 196 g/mol. The van der Waals surface area contributed by atoms with Gasteiger partial charge in [0.05, 0.1) is 18.3 Å². The lowest BCUT2D eigenvalue weighted by atomic mass is 10.4. The normalized spacial score (nSPS) is 8.92. The molecule has 0 aliphatic carbocycles. The van der Waals surface area contributed by atoms with E-state index in [0.717, 1.165) is 23.2 Å². The highest BCUT2D eigenvalue weighted by Gasteiger charge is 2.02. The van der Waals surface area contributed by atoms with E-state index in [9.17, 15) is 4.79 Å². The maximum atomic E-state index is 10.7. The van der Waals surface area contributed by atoms with E-state index in [1.807, 2.05) is 30.3 Å². The Balaban J connectivity index is 2.35. The van der Waals surface area contributed by atoms with Crippen molar-refractivity contribution < 1.29 is 13.7 Å². The Kier molecular flexibility index (Phi) is 3.92. The Bertz CT molecular complexity index is 284. The van der Waals surface area contributed by atoms with E-state index in [1.54, 1.807) is 0 Å². The number of rotatable bonds is 3. The van der Waals surface area contributed by atoms with Crippen LogP contribution in [0.1, 0.15) is 0 Å². The average Bonchev–Trinajstić information content (AvgIpc) is 2.17. The fraction of sp³-hybridized carbons (Fsp3) is 0. The molecular formula is C9H8O3S. The molecule has 0 N–H and O–H groups in total. The molecular weight excluding hydrogens is 188 g/mol. The van der Waals surface area contributed by atoms with E-state index in [1.165, 1.54) is 0 Å². The van der Waals surface area contributed by atoms with Gasteiger partial charge in [-0.25, -0.2) is 4.79 Å². The van der Waals surface area contributed by atoms with Crippen molar-refractivity contribution in [3.05, 3.63) is 43.2 Å². The summed E-state index contributed by atoms with van der Waals surface area (Å²) in [4.78, 5) is 11.5. The first kappa shape index (κ1) is 9.67. The van der Waals surface area contributed by atoms with Gasteiger partial charge in [0.2, 0.25) is 0 Å². The van der Waals surface area contributed by atoms with Crippen LogP contribution in [0.15, 0.2) is 48.1 Å². The highest BCUT2D eigenvalue weighted by atomic mass is 32.2. The van der Waals surface area contributed by atoms with Gasteiger partial charge in [0.15, 0.2) is 0 Å². The summed E-state index contributed by atoms with van der Waals surface area (Å²) in [5, 5.41) is 0. The number of carbonyl (C=O) groups excluding carboxylic acids is 1. The summed E-state index contributed by atoms with van der Waals surface area (Å²) >= 11 is 0.946. The Labute approximate surface area is 80.6 Å². The van der Waals surface area contributed by atoms with Crippen LogP contribution < -0.4 is 0 Å². The van der Waals surface area contributed by atoms with Gasteiger partial charge in [0.25, 0.3) is 0 Å². The van der Waals surface area contributed by atoms with Crippen molar-refractivity contribution in [2.24, 2.45) is 0 Å². The highest BCUT2D eigenvalue weighted by molar-refractivity contribution is 7.95. The van der Waals surface area contributed by atoms with Crippen LogP contribution in [0.3, 0.4) is 0 Å². The van der Waals surface area contributed by atoms with Crippen molar-refractivity contribution >= 4 is 18.2 Å². The fourth-order valence-electron chi connectivity index (χ4n) is 0.646. The number of hydrogen-bond acceptors (Lipinski definition) is 4. The van der Waals surface area contributed by atoms with Gasteiger partial charge in [-0.15, -0.1) is 0 Å². The summed E-state index contributed by atoms with van der Waals surface area (Å²) < 4.78 is 9.00. The molecule has 1 rings (SSSR count). The number of hydrogen-bond donors (Lipinski definition) is 0. The van der Waals surface area contributed by atoms with Crippen molar-refractivity contribution in [1.29, 1.82) is 0 Å². The standard InChI is InChI=1S/C9H8O3S/c1-2-11-9(10)12-13-8-6-4-3-5-7-8/h2-7H,1H2. The highest BCUT2D eigenvalue weighted by Crippen LogP contribution is 2.18. The molecule has 68 valence electrons. The SMILES string of the molecule is C=COC(=O)OSc1ccccc1. The molecule has 0 atom stereocenters. The zero-order valence-electron chi connectivity index (χ0n) is 6.80. The first-order chi connectivity index (χ1) is 6.33. The van der Waals surface area contributed by atoms with Crippen molar-refractivity contribution in [3.63, 3.8) is 0 Å². The van der Waals surface area contributed by atoms with E-state index in [4.69, 9.17) is 0 Å². The monoisotopic (exact) mass is 196 g/mol. The molecule has 0 aromatic heterocycles. The van der Waals surface area contributed by atoms with Gasteiger partial charge in [0, 0.05) is 4.90 Å². The molecule has 0 radical (unpaired) electrons. The van der Waals surface area contributed by atoms with Gasteiger partial charge in [-0.3, -0.25) is 0 Å². The molecule has 0 spiro atoms. The van der Waals surface area contributed by atoms with Crippen molar-refractivity contribution in [3.8, 4) is 0 Å². The van der Waals surface area contributed by atoms with Gasteiger partial charge in [-0.1, -0.05) is 24.8 Å². The van der Waals surface area contributed by atoms with Gasteiger partial charge in [0.1, 0.15) is 0 Å². The minimum Gasteiger partial charge on any atom is -0.403 e. The second-order valence-corrected chi connectivity index (χ2v) is 2.82. The Hall–Kier alpha value is -1.42. The maximum absolute atomic E-state index is 10.7. The lowest BCUT2D eigenvalue weighted by molar-refractivity contribution is 0.144. The topological polar surface area (TPSA) is 35.5 Å². The molecule has 0 heterocycles. The van der Waals surface area contributed by atoms with E-state index in [-0.39, 0.29) is 0 Å². The molecule has 0 aliphatic rings. The van der Waals surface area contributed by atoms with Crippen LogP contribution in [0.25, 0.3) is 0 Å². The summed E-state index contributed by atoms with van der Waals surface area (Å²) in [5.41, 5.74) is 0.